The Morgan fingerprint density at radius 3 is 2.08 bits per heavy atom. The van der Waals surface area contributed by atoms with Gasteiger partial charge in [0.1, 0.15) is 0 Å². The van der Waals surface area contributed by atoms with Crippen molar-refractivity contribution in [2.45, 2.75) is 160 Å². The van der Waals surface area contributed by atoms with Gasteiger partial charge < -0.3 is 0 Å². The van der Waals surface area contributed by atoms with Gasteiger partial charge in [-0.3, -0.25) is 6.58 Å². The van der Waals surface area contributed by atoms with E-state index in [1.807, 2.05) is 59.8 Å². The molecule has 0 aromatic heterocycles. The molecule has 0 spiro atoms. The largest absolute Gasteiger partial charge is 0.293 e. The summed E-state index contributed by atoms with van der Waals surface area (Å²) in [6.45, 7) is 38.4. The van der Waals surface area contributed by atoms with Crippen LogP contribution in [0.4, 0.5) is 0 Å². The number of fused-ring (bicyclic) bond motifs is 1. The smallest absolute Gasteiger partial charge is 0 e. The quantitative estimate of drug-likeness (QED) is 0.121. The summed E-state index contributed by atoms with van der Waals surface area (Å²) in [5, 5.41) is 0. The van der Waals surface area contributed by atoms with Crippen LogP contribution in [-0.2, 0) is 39.1 Å². The number of allylic oxidation sites excluding steroid dienone is 11. The summed E-state index contributed by atoms with van der Waals surface area (Å²) < 4.78 is 0. The minimum absolute atomic E-state index is 0. The molecule has 1 aromatic carbocycles. The van der Waals surface area contributed by atoms with Crippen molar-refractivity contribution < 1.29 is 32.7 Å². The molecule has 0 heterocycles. The molecule has 1 heteroatoms. The molecule has 0 bridgehead atoms. The van der Waals surface area contributed by atoms with Crippen LogP contribution >= 0.6 is 0 Å². The summed E-state index contributed by atoms with van der Waals surface area (Å²) in [4.78, 5) is 0. The normalized spacial score (nSPS) is 15.1. The third-order valence-corrected chi connectivity index (χ3v) is 7.75. The van der Waals surface area contributed by atoms with E-state index in [1.165, 1.54) is 63.4 Å². The molecular formula is C47H77Y-. The van der Waals surface area contributed by atoms with Gasteiger partial charge in [-0.15, -0.1) is 11.3 Å². The first-order chi connectivity index (χ1) is 22.8. The number of benzene rings is 1. The van der Waals surface area contributed by atoms with Crippen molar-refractivity contribution in [2.24, 2.45) is 11.8 Å². The van der Waals surface area contributed by atoms with Crippen molar-refractivity contribution in [3.8, 4) is 0 Å². The third kappa shape index (κ3) is 26.2. The fourth-order valence-corrected chi connectivity index (χ4v) is 5.76. The van der Waals surface area contributed by atoms with Crippen LogP contribution in [0.25, 0.3) is 0 Å². The van der Waals surface area contributed by atoms with Gasteiger partial charge >= 0.3 is 0 Å². The Kier molecular flexibility index (Phi) is 42.1. The number of hydrogen-bond acceptors (Lipinski definition) is 0. The minimum atomic E-state index is 0. The number of unbranched alkanes of at least 4 members (excludes halogenated alkanes) is 1. The van der Waals surface area contributed by atoms with Crippen LogP contribution in [0.5, 0.6) is 0 Å². The van der Waals surface area contributed by atoms with Crippen LogP contribution in [0.1, 0.15) is 164 Å². The van der Waals surface area contributed by atoms with Gasteiger partial charge in [0.15, 0.2) is 0 Å². The molecule has 1 atom stereocenters. The Morgan fingerprint density at radius 2 is 1.56 bits per heavy atom. The maximum atomic E-state index is 5.40. The van der Waals surface area contributed by atoms with E-state index in [1.54, 1.807) is 28.3 Å². The minimum Gasteiger partial charge on any atom is -0.293 e. The van der Waals surface area contributed by atoms with Gasteiger partial charge in [0, 0.05) is 32.7 Å². The second-order valence-electron chi connectivity index (χ2n) is 12.2. The third-order valence-electron chi connectivity index (χ3n) is 7.75. The first-order valence-corrected chi connectivity index (χ1v) is 19.1. The average Bonchev–Trinajstić information content (AvgIpc) is 3.09. The summed E-state index contributed by atoms with van der Waals surface area (Å²) in [6, 6.07) is 8.85. The molecule has 269 valence electrons. The van der Waals surface area contributed by atoms with E-state index >= 15 is 0 Å². The van der Waals surface area contributed by atoms with Crippen LogP contribution in [0.3, 0.4) is 0 Å². The molecule has 0 saturated carbocycles. The summed E-state index contributed by atoms with van der Waals surface area (Å²) in [6.07, 6.45) is 27.9. The van der Waals surface area contributed by atoms with Crippen molar-refractivity contribution >= 4 is 0 Å². The molecule has 1 radical (unpaired) electrons. The summed E-state index contributed by atoms with van der Waals surface area (Å²) in [5.41, 5.74) is 11.8. The number of rotatable bonds is 11. The molecule has 0 N–H and O–H groups in total. The summed E-state index contributed by atoms with van der Waals surface area (Å²) in [5.74, 6) is 2.18. The summed E-state index contributed by atoms with van der Waals surface area (Å²) in [7, 11) is 0. The van der Waals surface area contributed by atoms with E-state index in [9.17, 15) is 0 Å². The first-order valence-electron chi connectivity index (χ1n) is 19.1. The van der Waals surface area contributed by atoms with Crippen LogP contribution in [-0.4, -0.2) is 0 Å². The van der Waals surface area contributed by atoms with E-state index in [-0.39, 0.29) is 32.7 Å². The molecule has 0 fully saturated rings. The van der Waals surface area contributed by atoms with Gasteiger partial charge in [-0.1, -0.05) is 162 Å². The molecule has 2 aliphatic rings. The van der Waals surface area contributed by atoms with Crippen molar-refractivity contribution in [3.63, 3.8) is 0 Å². The maximum Gasteiger partial charge on any atom is 0 e. The van der Waals surface area contributed by atoms with Crippen molar-refractivity contribution in [1.82, 2.24) is 0 Å². The maximum absolute atomic E-state index is 5.40. The molecule has 0 amide bonds. The molecule has 48 heavy (non-hydrogen) atoms. The molecule has 1 aromatic rings. The van der Waals surface area contributed by atoms with Crippen LogP contribution in [0, 0.1) is 18.4 Å². The first kappa shape index (κ1) is 53.1. The second kappa shape index (κ2) is 38.1. The average molecular weight is 731 g/mol. The van der Waals surface area contributed by atoms with Gasteiger partial charge in [-0.2, -0.15) is 0 Å². The van der Waals surface area contributed by atoms with Crippen LogP contribution in [0.2, 0.25) is 0 Å². The van der Waals surface area contributed by atoms with E-state index in [0.717, 1.165) is 30.3 Å². The second-order valence-corrected chi connectivity index (χ2v) is 12.2. The van der Waals surface area contributed by atoms with E-state index in [4.69, 9.17) is 6.58 Å². The van der Waals surface area contributed by atoms with Gasteiger partial charge in [-0.25, -0.2) is 12.2 Å². The molecule has 1 unspecified atom stereocenters. The molecule has 0 nitrogen and oxygen atoms in total. The Morgan fingerprint density at radius 1 is 0.938 bits per heavy atom. The number of aryl methyl sites for hydroxylation is 1. The Balaban J connectivity index is -0.000000279. The SMILES string of the molecule is CC.CC.CC.CC1CCCc2ccccc21.CCC/C=C\C1=C(C(C)C)CCCC1.[CH-]=C/C=C(\C=C=C)C/C(=C/C=C)CC(C)C.[Y]. The monoisotopic (exact) mass is 731 g/mol. The fraction of sp³-hybridized carbons (Fsp3) is 0.553. The molecular weight excluding hydrogens is 653 g/mol. The summed E-state index contributed by atoms with van der Waals surface area (Å²) >= 11 is 0. The van der Waals surface area contributed by atoms with Crippen molar-refractivity contribution in [3.05, 3.63) is 126 Å². The van der Waals surface area contributed by atoms with Crippen LogP contribution < -0.4 is 0 Å². The van der Waals surface area contributed by atoms with E-state index < -0.39 is 0 Å². The van der Waals surface area contributed by atoms with E-state index in [2.05, 4.69) is 103 Å². The fourth-order valence-electron chi connectivity index (χ4n) is 5.76. The van der Waals surface area contributed by atoms with Crippen molar-refractivity contribution in [2.75, 3.05) is 0 Å². The zero-order valence-electron chi connectivity index (χ0n) is 33.9. The van der Waals surface area contributed by atoms with Gasteiger partial charge in [0.25, 0.3) is 0 Å². The molecule has 0 aliphatic heterocycles. The number of hydrogen-bond donors (Lipinski definition) is 0. The predicted octanol–water partition coefficient (Wildman–Crippen LogP) is 15.9. The topological polar surface area (TPSA) is 0 Å². The molecule has 3 rings (SSSR count). The Hall–Kier alpha value is -1.72. The molecule has 2 aliphatic carbocycles. The van der Waals surface area contributed by atoms with Crippen molar-refractivity contribution in [1.29, 1.82) is 0 Å². The Labute approximate surface area is 327 Å². The van der Waals surface area contributed by atoms with E-state index in [0.29, 0.717) is 5.92 Å². The van der Waals surface area contributed by atoms with Gasteiger partial charge in [0.05, 0.1) is 0 Å². The standard InChI is InChI=1S/C16H21.C14H24.C11H14.3C2H6.Y/c1-6-9-15(10-7-2)13-16(11-8-3)12-14(4)5;1-4-5-6-9-13-10-7-8-11-14(13)12(2)3;1-9-5-4-7-10-6-2-3-8-11(9)10;3*1-2;/h1,6,8-11,14H,2-3,12-13H2,4-5H3;6,9,12H,4-5,7-8,10-11H2,1-3H3;2-3,6,8-9H,4-5,7H2,1H3;3*1-2H3;/q-1;;;;;;/b15-9+,16-11+;9-6-;;;;;. The van der Waals surface area contributed by atoms with Gasteiger partial charge in [-0.05, 0) is 105 Å². The molecule has 0 saturated heterocycles. The zero-order valence-corrected chi connectivity index (χ0v) is 36.8. The Bertz CT molecular complexity index is 1080. The predicted molar refractivity (Wildman–Crippen MR) is 219 cm³/mol. The van der Waals surface area contributed by atoms with Gasteiger partial charge in [0.2, 0.25) is 0 Å². The van der Waals surface area contributed by atoms with Crippen LogP contribution in [0.15, 0.2) is 108 Å². The zero-order chi connectivity index (χ0) is 36.5.